The van der Waals surface area contributed by atoms with Gasteiger partial charge in [-0.2, -0.15) is 13.2 Å². The molecule has 1 aliphatic heterocycles. The number of alkyl halides is 3. The van der Waals surface area contributed by atoms with Crippen LogP contribution >= 0.6 is 0 Å². The van der Waals surface area contributed by atoms with Gasteiger partial charge < -0.3 is 14.6 Å². The van der Waals surface area contributed by atoms with Crippen LogP contribution in [-0.2, 0) is 6.18 Å². The number of anilines is 1. The summed E-state index contributed by atoms with van der Waals surface area (Å²) >= 11 is 0. The van der Waals surface area contributed by atoms with Crippen molar-refractivity contribution < 1.29 is 22.4 Å². The minimum Gasteiger partial charge on any atom is -0.466 e. The van der Waals surface area contributed by atoms with E-state index in [2.05, 4.69) is 10.3 Å². The van der Waals surface area contributed by atoms with Gasteiger partial charge in [0.05, 0.1) is 11.1 Å². The van der Waals surface area contributed by atoms with Crippen LogP contribution in [0, 0.1) is 13.8 Å². The van der Waals surface area contributed by atoms with Gasteiger partial charge in [0, 0.05) is 25.3 Å². The number of aromatic nitrogens is 1. The molecule has 0 radical (unpaired) electrons. The van der Waals surface area contributed by atoms with Crippen LogP contribution in [0.2, 0.25) is 0 Å². The number of halogens is 3. The van der Waals surface area contributed by atoms with Crippen molar-refractivity contribution >= 4 is 11.7 Å². The molecule has 1 atom stereocenters. The number of nitrogens with zero attached hydrogens (tertiary/aromatic N) is 2. The van der Waals surface area contributed by atoms with E-state index in [4.69, 9.17) is 4.42 Å². The third-order valence-electron chi connectivity index (χ3n) is 4.21. The van der Waals surface area contributed by atoms with Crippen LogP contribution < -0.4 is 10.2 Å². The molecule has 5 nitrogen and oxygen atoms in total. The van der Waals surface area contributed by atoms with Crippen molar-refractivity contribution in [3.05, 3.63) is 47.0 Å². The van der Waals surface area contributed by atoms with E-state index in [0.717, 1.165) is 12.3 Å². The van der Waals surface area contributed by atoms with Crippen LogP contribution in [-0.4, -0.2) is 30.0 Å². The third-order valence-corrected chi connectivity index (χ3v) is 4.21. The fraction of sp³-hybridized carbons (Fsp3) is 0.412. The third kappa shape index (κ3) is 3.78. The van der Waals surface area contributed by atoms with Crippen LogP contribution in [0.1, 0.15) is 33.9 Å². The lowest BCUT2D eigenvalue weighted by atomic mass is 10.2. The topological polar surface area (TPSA) is 58.4 Å². The van der Waals surface area contributed by atoms with Gasteiger partial charge >= 0.3 is 6.18 Å². The second kappa shape index (κ2) is 6.42. The van der Waals surface area contributed by atoms with Crippen molar-refractivity contribution in [2.45, 2.75) is 32.5 Å². The van der Waals surface area contributed by atoms with Crippen molar-refractivity contribution in [2.24, 2.45) is 0 Å². The molecule has 2 aromatic rings. The zero-order valence-electron chi connectivity index (χ0n) is 13.9. The van der Waals surface area contributed by atoms with E-state index in [-0.39, 0.29) is 11.9 Å². The molecule has 2 aromatic heterocycles. The summed E-state index contributed by atoms with van der Waals surface area (Å²) < 4.78 is 43.1. The molecule has 1 N–H and O–H groups in total. The van der Waals surface area contributed by atoms with Gasteiger partial charge in [0.25, 0.3) is 5.91 Å². The van der Waals surface area contributed by atoms with Gasteiger partial charge in [-0.25, -0.2) is 4.98 Å². The number of aryl methyl sites for hydroxylation is 2. The summed E-state index contributed by atoms with van der Waals surface area (Å²) in [6.45, 7) is 4.62. The second-order valence-electron chi connectivity index (χ2n) is 6.13. The predicted molar refractivity (Wildman–Crippen MR) is 85.5 cm³/mol. The second-order valence-corrected chi connectivity index (χ2v) is 6.13. The molecule has 1 aliphatic rings. The Kier molecular flexibility index (Phi) is 4.45. The van der Waals surface area contributed by atoms with Crippen molar-refractivity contribution in [1.29, 1.82) is 0 Å². The van der Waals surface area contributed by atoms with Gasteiger partial charge in [0.1, 0.15) is 17.3 Å². The van der Waals surface area contributed by atoms with E-state index >= 15 is 0 Å². The summed E-state index contributed by atoms with van der Waals surface area (Å²) in [6.07, 6.45) is -2.86. The molecule has 8 heteroatoms. The summed E-state index contributed by atoms with van der Waals surface area (Å²) in [7, 11) is 0. The van der Waals surface area contributed by atoms with E-state index in [1.54, 1.807) is 19.9 Å². The Balaban J connectivity index is 1.62. The van der Waals surface area contributed by atoms with E-state index in [0.29, 0.717) is 42.4 Å². The lowest BCUT2D eigenvalue weighted by Crippen LogP contribution is -2.37. The number of carbonyl (C=O) groups excluding carboxylic acids is 1. The molecule has 0 bridgehead atoms. The van der Waals surface area contributed by atoms with Crippen molar-refractivity contribution in [2.75, 3.05) is 18.0 Å². The molecular weight excluding hydrogens is 335 g/mol. The van der Waals surface area contributed by atoms with Gasteiger partial charge in [0.2, 0.25) is 0 Å². The summed E-state index contributed by atoms with van der Waals surface area (Å²) in [5, 5.41) is 2.94. The SMILES string of the molecule is Cc1cc(C(=O)NC2CCN(c3ccc(C(F)(F)F)cn3)C2)c(C)o1. The normalized spacial score (nSPS) is 17.8. The first-order chi connectivity index (χ1) is 11.7. The van der Waals surface area contributed by atoms with Crippen LogP contribution in [0.25, 0.3) is 0 Å². The lowest BCUT2D eigenvalue weighted by molar-refractivity contribution is -0.137. The Labute approximate surface area is 142 Å². The number of carbonyl (C=O) groups is 1. The molecular formula is C17H18F3N3O2. The maximum atomic E-state index is 12.6. The Morgan fingerprint density at radius 1 is 1.36 bits per heavy atom. The summed E-state index contributed by atoms with van der Waals surface area (Å²) in [5.74, 6) is 1.50. The monoisotopic (exact) mass is 353 g/mol. The number of hydrogen-bond donors (Lipinski definition) is 1. The minimum absolute atomic E-state index is 0.0915. The van der Waals surface area contributed by atoms with Gasteiger partial charge in [-0.3, -0.25) is 4.79 Å². The number of amides is 1. The predicted octanol–water partition coefficient (Wildman–Crippen LogP) is 3.32. The number of hydrogen-bond acceptors (Lipinski definition) is 4. The molecule has 1 amide bonds. The zero-order valence-corrected chi connectivity index (χ0v) is 13.9. The highest BCUT2D eigenvalue weighted by molar-refractivity contribution is 5.95. The number of furan rings is 1. The van der Waals surface area contributed by atoms with E-state index < -0.39 is 11.7 Å². The van der Waals surface area contributed by atoms with Crippen LogP contribution in [0.15, 0.2) is 28.8 Å². The lowest BCUT2D eigenvalue weighted by Gasteiger charge is -2.18. The molecule has 1 saturated heterocycles. The highest BCUT2D eigenvalue weighted by Gasteiger charge is 2.31. The molecule has 0 aliphatic carbocycles. The maximum Gasteiger partial charge on any atom is 0.417 e. The summed E-state index contributed by atoms with van der Waals surface area (Å²) in [6, 6.07) is 3.98. The largest absolute Gasteiger partial charge is 0.466 e. The Morgan fingerprint density at radius 2 is 2.12 bits per heavy atom. The first-order valence-electron chi connectivity index (χ1n) is 7.90. The van der Waals surface area contributed by atoms with Gasteiger partial charge in [-0.15, -0.1) is 0 Å². The average Bonchev–Trinajstić information content (AvgIpc) is 3.13. The van der Waals surface area contributed by atoms with Crippen LogP contribution in [0.5, 0.6) is 0 Å². The van der Waals surface area contributed by atoms with Crippen molar-refractivity contribution in [1.82, 2.24) is 10.3 Å². The number of pyridine rings is 1. The standard InChI is InChI=1S/C17H18F3N3O2/c1-10-7-14(11(2)25-10)16(24)22-13-5-6-23(9-13)15-4-3-12(8-21-15)17(18,19)20/h3-4,7-8,13H,5-6,9H2,1-2H3,(H,22,24). The van der Waals surface area contributed by atoms with E-state index in [1.165, 1.54) is 6.07 Å². The Morgan fingerprint density at radius 3 is 2.68 bits per heavy atom. The van der Waals surface area contributed by atoms with Crippen LogP contribution in [0.4, 0.5) is 19.0 Å². The van der Waals surface area contributed by atoms with E-state index in [9.17, 15) is 18.0 Å². The van der Waals surface area contributed by atoms with Gasteiger partial charge in [-0.05, 0) is 38.5 Å². The summed E-state index contributed by atoms with van der Waals surface area (Å²) in [4.78, 5) is 18.1. The maximum absolute atomic E-state index is 12.6. The van der Waals surface area contributed by atoms with Gasteiger partial charge in [0.15, 0.2) is 0 Å². The summed E-state index contributed by atoms with van der Waals surface area (Å²) in [5.41, 5.74) is -0.269. The molecule has 0 spiro atoms. The number of rotatable bonds is 3. The molecule has 25 heavy (non-hydrogen) atoms. The average molecular weight is 353 g/mol. The van der Waals surface area contributed by atoms with E-state index in [1.807, 2.05) is 4.90 Å². The molecule has 1 fully saturated rings. The molecule has 1 unspecified atom stereocenters. The Bertz CT molecular complexity index is 768. The fourth-order valence-electron chi connectivity index (χ4n) is 2.95. The number of nitrogens with one attached hydrogen (secondary N) is 1. The molecule has 0 saturated carbocycles. The zero-order chi connectivity index (χ0) is 18.2. The Hall–Kier alpha value is -2.51. The molecule has 134 valence electrons. The first kappa shape index (κ1) is 17.3. The van der Waals surface area contributed by atoms with Crippen LogP contribution in [0.3, 0.4) is 0 Å². The molecule has 3 rings (SSSR count). The minimum atomic E-state index is -4.40. The molecule has 0 aromatic carbocycles. The molecule has 3 heterocycles. The van der Waals surface area contributed by atoms with Crippen molar-refractivity contribution in [3.63, 3.8) is 0 Å². The highest BCUT2D eigenvalue weighted by atomic mass is 19.4. The first-order valence-corrected chi connectivity index (χ1v) is 7.90. The van der Waals surface area contributed by atoms with Crippen molar-refractivity contribution in [3.8, 4) is 0 Å². The quantitative estimate of drug-likeness (QED) is 0.920. The van der Waals surface area contributed by atoms with Gasteiger partial charge in [-0.1, -0.05) is 0 Å². The highest BCUT2D eigenvalue weighted by Crippen LogP contribution is 2.30. The smallest absolute Gasteiger partial charge is 0.417 e. The fourth-order valence-corrected chi connectivity index (χ4v) is 2.95.